The van der Waals surface area contributed by atoms with Crippen LogP contribution in [0.2, 0.25) is 0 Å². The molecule has 0 aliphatic heterocycles. The fourth-order valence-electron chi connectivity index (χ4n) is 2.12. The van der Waals surface area contributed by atoms with Crippen LogP contribution in [0.25, 0.3) is 0 Å². The molecule has 0 unspecified atom stereocenters. The normalized spacial score (nSPS) is 12.3. The van der Waals surface area contributed by atoms with Gasteiger partial charge in [-0.3, -0.25) is 4.99 Å². The summed E-state index contributed by atoms with van der Waals surface area (Å²) in [5.41, 5.74) is 8.37. The largest absolute Gasteiger partial charge is 0.464 e. The maximum atomic E-state index is 8.14. The van der Waals surface area contributed by atoms with E-state index in [9.17, 15) is 0 Å². The second-order valence-corrected chi connectivity index (χ2v) is 5.78. The summed E-state index contributed by atoms with van der Waals surface area (Å²) in [4.78, 5) is 4.24. The van der Waals surface area contributed by atoms with Crippen molar-refractivity contribution in [2.45, 2.75) is 33.2 Å². The van der Waals surface area contributed by atoms with E-state index in [0.717, 1.165) is 17.1 Å². The van der Waals surface area contributed by atoms with Crippen molar-refractivity contribution in [2.24, 2.45) is 10.7 Å². The number of amidine groups is 1. The Morgan fingerprint density at radius 2 is 2.04 bits per heavy atom. The summed E-state index contributed by atoms with van der Waals surface area (Å²) in [6.45, 7) is 6.57. The van der Waals surface area contributed by atoms with Crippen LogP contribution in [0.15, 0.2) is 58.0 Å². The minimum Gasteiger partial charge on any atom is -0.464 e. The van der Waals surface area contributed by atoms with Crippen molar-refractivity contribution >= 4 is 11.5 Å². The maximum absolute atomic E-state index is 8.14. The van der Waals surface area contributed by atoms with E-state index in [4.69, 9.17) is 15.6 Å². The monoisotopic (exact) mass is 309 g/mol. The van der Waals surface area contributed by atoms with E-state index in [-0.39, 0.29) is 0 Å². The number of benzene rings is 1. The van der Waals surface area contributed by atoms with Gasteiger partial charge in [-0.2, -0.15) is 0 Å². The molecule has 0 spiro atoms. The van der Waals surface area contributed by atoms with Crippen molar-refractivity contribution in [1.82, 2.24) is 0 Å². The molecule has 0 radical (unpaired) electrons. The van der Waals surface area contributed by atoms with Crippen molar-refractivity contribution in [3.05, 3.63) is 71.2 Å². The van der Waals surface area contributed by atoms with Gasteiger partial charge in [-0.25, -0.2) is 0 Å². The summed E-state index contributed by atoms with van der Waals surface area (Å²) in [5.74, 6) is 2.45. The van der Waals surface area contributed by atoms with Crippen molar-refractivity contribution in [3.8, 4) is 0 Å². The summed E-state index contributed by atoms with van der Waals surface area (Å²) >= 11 is 0. The zero-order valence-corrected chi connectivity index (χ0v) is 13.8. The minimum atomic E-state index is 0.379. The second kappa shape index (κ2) is 7.58. The molecule has 0 fully saturated rings. The smallest absolute Gasteiger partial charge is 0.125 e. The Kier molecular flexibility index (Phi) is 5.52. The third kappa shape index (κ3) is 4.95. The van der Waals surface area contributed by atoms with Crippen LogP contribution in [-0.2, 0) is 6.54 Å². The van der Waals surface area contributed by atoms with Crippen LogP contribution in [0.5, 0.6) is 0 Å². The Hall–Kier alpha value is -2.62. The highest BCUT2D eigenvalue weighted by Gasteiger charge is 2.03. The fraction of sp³-hybridized carbons (Fsp3) is 0.263. The zero-order chi connectivity index (χ0) is 16.8. The highest BCUT2D eigenvalue weighted by Crippen LogP contribution is 2.16. The molecule has 0 bridgehead atoms. The third-order valence-electron chi connectivity index (χ3n) is 3.50. The van der Waals surface area contributed by atoms with Gasteiger partial charge in [0.25, 0.3) is 0 Å². The second-order valence-electron chi connectivity index (χ2n) is 5.78. The van der Waals surface area contributed by atoms with Crippen LogP contribution in [0.4, 0.5) is 0 Å². The van der Waals surface area contributed by atoms with Crippen LogP contribution in [0.3, 0.4) is 0 Å². The number of rotatable bonds is 6. The van der Waals surface area contributed by atoms with Gasteiger partial charge in [-0.05, 0) is 54.3 Å². The molecule has 2 rings (SSSR count). The van der Waals surface area contributed by atoms with Gasteiger partial charge in [0.2, 0.25) is 0 Å². The standard InChI is InChI=1S/C19H23N3O/c1-13(2)15-5-4-6-16(11-15)18(20)9-10-19(21)22-12-17-8-7-14(3)23-17/h4-11,13,20H,12H2,1-3H3,(H2,21,22)/b10-9-,20-18?. The third-order valence-corrected chi connectivity index (χ3v) is 3.50. The van der Waals surface area contributed by atoms with Crippen molar-refractivity contribution < 1.29 is 4.42 Å². The van der Waals surface area contributed by atoms with E-state index in [0.29, 0.717) is 24.0 Å². The molecule has 4 heteroatoms. The van der Waals surface area contributed by atoms with E-state index in [1.807, 2.05) is 37.3 Å². The van der Waals surface area contributed by atoms with Gasteiger partial charge >= 0.3 is 0 Å². The van der Waals surface area contributed by atoms with Crippen molar-refractivity contribution in [3.63, 3.8) is 0 Å². The molecular weight excluding hydrogens is 286 g/mol. The van der Waals surface area contributed by atoms with Gasteiger partial charge in [0, 0.05) is 0 Å². The minimum absolute atomic E-state index is 0.379. The summed E-state index contributed by atoms with van der Waals surface area (Å²) in [6.07, 6.45) is 3.33. The molecule has 3 N–H and O–H groups in total. The Labute approximate surface area is 137 Å². The van der Waals surface area contributed by atoms with Crippen LogP contribution in [0.1, 0.15) is 42.4 Å². The molecule has 0 atom stereocenters. The van der Waals surface area contributed by atoms with E-state index in [1.165, 1.54) is 5.56 Å². The molecule has 1 heterocycles. The van der Waals surface area contributed by atoms with Gasteiger partial charge in [0.05, 0.1) is 12.3 Å². The highest BCUT2D eigenvalue weighted by atomic mass is 16.3. The van der Waals surface area contributed by atoms with Crippen LogP contribution in [-0.4, -0.2) is 11.5 Å². The van der Waals surface area contributed by atoms with Gasteiger partial charge in [0.1, 0.15) is 17.4 Å². The lowest BCUT2D eigenvalue weighted by Gasteiger charge is -2.07. The number of furan rings is 1. The van der Waals surface area contributed by atoms with E-state index < -0.39 is 0 Å². The van der Waals surface area contributed by atoms with Crippen LogP contribution in [0, 0.1) is 12.3 Å². The van der Waals surface area contributed by atoms with Crippen molar-refractivity contribution in [2.75, 3.05) is 0 Å². The molecule has 1 aromatic carbocycles. The quantitative estimate of drug-likeness (QED) is 0.620. The predicted molar refractivity (Wildman–Crippen MR) is 95.3 cm³/mol. The molecule has 0 aliphatic carbocycles. The first-order chi connectivity index (χ1) is 11.0. The number of nitrogens with one attached hydrogen (secondary N) is 1. The number of hydrogen-bond donors (Lipinski definition) is 2. The van der Waals surface area contributed by atoms with E-state index in [1.54, 1.807) is 12.2 Å². The lowest BCUT2D eigenvalue weighted by Crippen LogP contribution is -2.09. The number of nitrogens with zero attached hydrogens (tertiary/aromatic N) is 1. The topological polar surface area (TPSA) is 75.4 Å². The number of nitrogens with two attached hydrogens (primary N) is 1. The Balaban J connectivity index is 2.01. The number of aryl methyl sites for hydroxylation is 1. The average molecular weight is 309 g/mol. The van der Waals surface area contributed by atoms with Gasteiger partial charge in [-0.1, -0.05) is 32.0 Å². The number of aliphatic imine (C=N–C) groups is 1. The molecule has 2 aromatic rings. The maximum Gasteiger partial charge on any atom is 0.125 e. The lowest BCUT2D eigenvalue weighted by molar-refractivity contribution is 0.486. The first-order valence-corrected chi connectivity index (χ1v) is 7.68. The Morgan fingerprint density at radius 3 is 2.70 bits per heavy atom. The molecule has 120 valence electrons. The van der Waals surface area contributed by atoms with Gasteiger partial charge in [0.15, 0.2) is 0 Å². The molecule has 0 aliphatic rings. The van der Waals surface area contributed by atoms with Gasteiger partial charge in [-0.15, -0.1) is 0 Å². The van der Waals surface area contributed by atoms with E-state index >= 15 is 0 Å². The first-order valence-electron chi connectivity index (χ1n) is 7.68. The fourth-order valence-corrected chi connectivity index (χ4v) is 2.12. The summed E-state index contributed by atoms with van der Waals surface area (Å²) in [6, 6.07) is 11.8. The molecular formula is C19H23N3O. The van der Waals surface area contributed by atoms with Crippen molar-refractivity contribution in [1.29, 1.82) is 5.41 Å². The molecule has 1 aromatic heterocycles. The van der Waals surface area contributed by atoms with Crippen LogP contribution >= 0.6 is 0 Å². The summed E-state index contributed by atoms with van der Waals surface area (Å²) < 4.78 is 5.44. The molecule has 23 heavy (non-hydrogen) atoms. The van der Waals surface area contributed by atoms with Gasteiger partial charge < -0.3 is 15.6 Å². The van der Waals surface area contributed by atoms with E-state index in [2.05, 4.69) is 24.9 Å². The van der Waals surface area contributed by atoms with Crippen LogP contribution < -0.4 is 5.73 Å². The first kappa shape index (κ1) is 16.7. The SMILES string of the molecule is Cc1ccc(CN=C(N)/C=C\C(=N)c2cccc(C(C)C)c2)o1. The summed E-state index contributed by atoms with van der Waals surface area (Å²) in [5, 5.41) is 8.14. The molecule has 4 nitrogen and oxygen atoms in total. The molecule has 0 saturated carbocycles. The lowest BCUT2D eigenvalue weighted by atomic mass is 9.99. The average Bonchev–Trinajstić information content (AvgIpc) is 2.96. The highest BCUT2D eigenvalue weighted by molar-refractivity contribution is 6.09. The number of allylic oxidation sites excluding steroid dienone is 1. The molecule has 0 saturated heterocycles. The number of hydrogen-bond acceptors (Lipinski definition) is 3. The molecule has 0 amide bonds. The Bertz CT molecular complexity index is 739. The predicted octanol–water partition coefficient (Wildman–Crippen LogP) is 4.19. The summed E-state index contributed by atoms with van der Waals surface area (Å²) in [7, 11) is 0. The zero-order valence-electron chi connectivity index (χ0n) is 13.8. The Morgan fingerprint density at radius 1 is 1.26 bits per heavy atom.